The minimum absolute atomic E-state index is 0.179. The number of hydrogen-bond acceptors (Lipinski definition) is 5. The van der Waals surface area contributed by atoms with Crippen molar-refractivity contribution >= 4 is 23.4 Å². The largest absolute Gasteiger partial charge is 0.485 e. The molecule has 0 aliphatic carbocycles. The number of H-pyrrole nitrogens is 1. The van der Waals surface area contributed by atoms with Gasteiger partial charge in [0.25, 0.3) is 0 Å². The maximum absolute atomic E-state index is 13.2. The third-order valence-corrected chi connectivity index (χ3v) is 4.77. The lowest BCUT2D eigenvalue weighted by molar-refractivity contribution is -0.115. The van der Waals surface area contributed by atoms with Crippen LogP contribution in [0.1, 0.15) is 18.3 Å². The number of benzene rings is 2. The lowest BCUT2D eigenvalue weighted by Crippen LogP contribution is -2.22. The number of amides is 1. The first kappa shape index (κ1) is 19.8. The van der Waals surface area contributed by atoms with E-state index in [1.165, 1.54) is 6.07 Å². The van der Waals surface area contributed by atoms with E-state index in [0.29, 0.717) is 11.0 Å². The Morgan fingerprint density at radius 1 is 1.25 bits per heavy atom. The van der Waals surface area contributed by atoms with Gasteiger partial charge in [-0.2, -0.15) is 0 Å². The zero-order valence-corrected chi connectivity index (χ0v) is 16.0. The number of ether oxygens (including phenoxy) is 1. The van der Waals surface area contributed by atoms with Crippen molar-refractivity contribution in [2.24, 2.45) is 0 Å². The molecule has 0 spiro atoms. The quantitative estimate of drug-likeness (QED) is 0.580. The second-order valence-electron chi connectivity index (χ2n) is 6.00. The van der Waals surface area contributed by atoms with Crippen molar-refractivity contribution in [3.05, 3.63) is 65.5 Å². The molecular weight excluding hydrogens is 386 g/mol. The number of carbonyl (C=O) groups excluding carboxylic acids is 1. The first-order valence-electron chi connectivity index (χ1n) is 8.44. The fourth-order valence-corrected chi connectivity index (χ4v) is 3.03. The molecule has 146 valence electrons. The second kappa shape index (κ2) is 8.83. The number of nitrogens with zero attached hydrogens (tertiary/aromatic N) is 2. The fourth-order valence-electron chi connectivity index (χ4n) is 2.29. The number of rotatable bonds is 7. The van der Waals surface area contributed by atoms with Gasteiger partial charge in [0.1, 0.15) is 12.4 Å². The highest BCUT2D eigenvalue weighted by molar-refractivity contribution is 8.00. The van der Waals surface area contributed by atoms with Crippen molar-refractivity contribution in [2.45, 2.75) is 30.9 Å². The molecule has 0 radical (unpaired) electrons. The summed E-state index contributed by atoms with van der Waals surface area (Å²) in [4.78, 5) is 16.5. The molecule has 1 amide bonds. The van der Waals surface area contributed by atoms with Crippen molar-refractivity contribution in [1.82, 2.24) is 15.2 Å². The van der Waals surface area contributed by atoms with E-state index in [9.17, 15) is 13.6 Å². The average Bonchev–Trinajstić information content (AvgIpc) is 3.11. The monoisotopic (exact) mass is 404 g/mol. The van der Waals surface area contributed by atoms with Crippen LogP contribution in [0.15, 0.2) is 47.6 Å². The summed E-state index contributed by atoms with van der Waals surface area (Å²) in [6.07, 6.45) is 0. The molecule has 2 N–H and O–H groups in total. The first-order chi connectivity index (χ1) is 13.4. The number of aromatic amines is 1. The number of carbonyl (C=O) groups is 1. The number of thioether (sulfide) groups is 1. The summed E-state index contributed by atoms with van der Waals surface area (Å²) < 4.78 is 31.9. The Balaban J connectivity index is 1.54. The fraction of sp³-hybridized carbons (Fsp3) is 0.211. The third-order valence-electron chi connectivity index (χ3n) is 3.81. The van der Waals surface area contributed by atoms with Gasteiger partial charge in [0, 0.05) is 11.8 Å². The Labute approximate surface area is 164 Å². The van der Waals surface area contributed by atoms with E-state index in [1.807, 2.05) is 31.2 Å². The van der Waals surface area contributed by atoms with Crippen LogP contribution in [0.2, 0.25) is 0 Å². The van der Waals surface area contributed by atoms with Crippen LogP contribution in [0.3, 0.4) is 0 Å². The summed E-state index contributed by atoms with van der Waals surface area (Å²) in [6, 6.07) is 10.8. The highest BCUT2D eigenvalue weighted by Crippen LogP contribution is 2.22. The molecular formula is C19H18F2N4O2S. The van der Waals surface area contributed by atoms with E-state index in [0.717, 1.165) is 35.2 Å². The first-order valence-corrected chi connectivity index (χ1v) is 9.32. The Kier molecular flexibility index (Phi) is 6.25. The molecule has 3 aromatic rings. The number of aromatic nitrogens is 3. The van der Waals surface area contributed by atoms with Gasteiger partial charge in [-0.05, 0) is 37.6 Å². The topological polar surface area (TPSA) is 79.9 Å². The van der Waals surface area contributed by atoms with Crippen LogP contribution in [-0.2, 0) is 11.4 Å². The highest BCUT2D eigenvalue weighted by Gasteiger charge is 2.18. The molecule has 1 atom stereocenters. The number of para-hydroxylation sites is 1. The molecule has 0 unspecified atom stereocenters. The molecule has 2 aromatic carbocycles. The van der Waals surface area contributed by atoms with Crippen LogP contribution >= 0.6 is 11.8 Å². The van der Waals surface area contributed by atoms with Crippen molar-refractivity contribution in [2.75, 3.05) is 5.32 Å². The van der Waals surface area contributed by atoms with Crippen LogP contribution in [0.5, 0.6) is 5.75 Å². The molecule has 0 bridgehead atoms. The molecule has 1 aromatic heterocycles. The molecule has 0 saturated carbocycles. The van der Waals surface area contributed by atoms with E-state index in [1.54, 1.807) is 6.92 Å². The van der Waals surface area contributed by atoms with Crippen molar-refractivity contribution in [1.29, 1.82) is 0 Å². The van der Waals surface area contributed by atoms with Gasteiger partial charge < -0.3 is 10.1 Å². The lowest BCUT2D eigenvalue weighted by atomic mass is 10.2. The smallest absolute Gasteiger partial charge is 0.237 e. The van der Waals surface area contributed by atoms with E-state index in [2.05, 4.69) is 20.5 Å². The average molecular weight is 404 g/mol. The predicted molar refractivity (Wildman–Crippen MR) is 102 cm³/mol. The lowest BCUT2D eigenvalue weighted by Gasteiger charge is -2.10. The minimum Gasteiger partial charge on any atom is -0.485 e. The van der Waals surface area contributed by atoms with Gasteiger partial charge in [-0.3, -0.25) is 9.89 Å². The van der Waals surface area contributed by atoms with Crippen LogP contribution in [0.25, 0.3) is 0 Å². The number of halogens is 2. The second-order valence-corrected chi connectivity index (χ2v) is 7.31. The van der Waals surface area contributed by atoms with Crippen molar-refractivity contribution in [3.63, 3.8) is 0 Å². The maximum Gasteiger partial charge on any atom is 0.237 e. The Morgan fingerprint density at radius 2 is 2.04 bits per heavy atom. The van der Waals surface area contributed by atoms with E-state index in [4.69, 9.17) is 4.74 Å². The number of nitrogens with one attached hydrogen (secondary N) is 2. The van der Waals surface area contributed by atoms with Gasteiger partial charge in [-0.15, -0.1) is 5.10 Å². The number of anilines is 1. The Hall–Kier alpha value is -2.94. The molecule has 0 fully saturated rings. The zero-order valence-electron chi connectivity index (χ0n) is 15.2. The molecule has 6 nitrogen and oxygen atoms in total. The van der Waals surface area contributed by atoms with Gasteiger partial charge in [0.05, 0.1) is 5.25 Å². The maximum atomic E-state index is 13.2. The molecule has 0 saturated heterocycles. The summed E-state index contributed by atoms with van der Waals surface area (Å²) in [5.74, 6) is -1.09. The molecule has 0 aliphatic heterocycles. The van der Waals surface area contributed by atoms with Crippen LogP contribution in [-0.4, -0.2) is 26.3 Å². The Bertz CT molecular complexity index is 980. The molecule has 28 heavy (non-hydrogen) atoms. The number of aryl methyl sites for hydroxylation is 1. The van der Waals surface area contributed by atoms with Crippen molar-refractivity contribution < 1.29 is 18.3 Å². The van der Waals surface area contributed by atoms with E-state index >= 15 is 0 Å². The molecule has 0 aliphatic rings. The summed E-state index contributed by atoms with van der Waals surface area (Å²) in [6.45, 7) is 3.83. The van der Waals surface area contributed by atoms with Gasteiger partial charge in [0.2, 0.25) is 11.1 Å². The van der Waals surface area contributed by atoms with Crippen LogP contribution in [0.4, 0.5) is 14.5 Å². The summed E-state index contributed by atoms with van der Waals surface area (Å²) in [7, 11) is 0. The van der Waals surface area contributed by atoms with Crippen molar-refractivity contribution in [3.8, 4) is 5.75 Å². The molecule has 3 rings (SSSR count). The van der Waals surface area contributed by atoms with Crippen LogP contribution in [0, 0.1) is 18.6 Å². The zero-order chi connectivity index (χ0) is 20.1. The molecule has 1 heterocycles. The van der Waals surface area contributed by atoms with Gasteiger partial charge in [0.15, 0.2) is 17.5 Å². The van der Waals surface area contributed by atoms with Gasteiger partial charge >= 0.3 is 0 Å². The van der Waals surface area contributed by atoms with Gasteiger partial charge in [-0.1, -0.05) is 30.0 Å². The van der Waals surface area contributed by atoms with E-state index in [-0.39, 0.29) is 18.2 Å². The molecule has 9 heteroatoms. The van der Waals surface area contributed by atoms with Gasteiger partial charge in [-0.25, -0.2) is 13.8 Å². The van der Waals surface area contributed by atoms with Crippen LogP contribution < -0.4 is 10.1 Å². The normalized spacial score (nSPS) is 11.9. The SMILES string of the molecule is Cc1ccccc1OCc1nc(S[C@@H](C)C(=O)Nc2ccc(F)c(F)c2)n[nH]1. The highest BCUT2D eigenvalue weighted by atomic mass is 32.2. The number of hydrogen-bond donors (Lipinski definition) is 2. The predicted octanol–water partition coefficient (Wildman–Crippen LogP) is 4.09. The third kappa shape index (κ3) is 5.07. The standard InChI is InChI=1S/C19H18F2N4O2S/c1-11-5-3-4-6-16(11)27-10-17-23-19(25-24-17)28-12(2)18(26)22-13-7-8-14(20)15(21)9-13/h3-9,12H,10H2,1-2H3,(H,22,26)(H,23,24,25)/t12-/m0/s1. The summed E-state index contributed by atoms with van der Waals surface area (Å²) in [5.41, 5.74) is 1.19. The Morgan fingerprint density at radius 3 is 2.79 bits per heavy atom. The summed E-state index contributed by atoms with van der Waals surface area (Å²) >= 11 is 1.14. The summed E-state index contributed by atoms with van der Waals surface area (Å²) in [5, 5.41) is 9.21. The van der Waals surface area contributed by atoms with E-state index < -0.39 is 16.9 Å². The minimum atomic E-state index is -1.02.